The summed E-state index contributed by atoms with van der Waals surface area (Å²) in [5.74, 6) is -1.95. The minimum atomic E-state index is -2.84. The van der Waals surface area contributed by atoms with Crippen molar-refractivity contribution in [3.05, 3.63) is 40.8 Å². The van der Waals surface area contributed by atoms with E-state index in [0.29, 0.717) is 49.8 Å². The number of halogens is 2. The van der Waals surface area contributed by atoms with Gasteiger partial charge in [-0.3, -0.25) is 9.48 Å². The number of nitrogens with zero attached hydrogens (tertiary/aromatic N) is 4. The van der Waals surface area contributed by atoms with Crippen LogP contribution in [0.4, 0.5) is 13.6 Å². The van der Waals surface area contributed by atoms with Crippen LogP contribution in [0.15, 0.2) is 18.3 Å². The number of nitrogens with one attached hydrogen (secondary N) is 1. The molecular weight excluding hydrogens is 556 g/mol. The molecule has 9 nitrogen and oxygen atoms in total. The quantitative estimate of drug-likeness (QED) is 0.427. The molecule has 1 saturated carbocycles. The van der Waals surface area contributed by atoms with Crippen molar-refractivity contribution < 1.29 is 27.8 Å². The Labute approximate surface area is 252 Å². The van der Waals surface area contributed by atoms with Crippen molar-refractivity contribution in [3.63, 3.8) is 0 Å². The molecule has 11 heteroatoms. The van der Waals surface area contributed by atoms with E-state index in [9.17, 15) is 18.4 Å². The lowest BCUT2D eigenvalue weighted by Gasteiger charge is -2.33. The zero-order valence-corrected chi connectivity index (χ0v) is 25.8. The summed E-state index contributed by atoms with van der Waals surface area (Å²) in [7, 11) is 0. The average Bonchev–Trinajstić information content (AvgIpc) is 3.29. The second-order valence-electron chi connectivity index (χ2n) is 13.4. The second kappa shape index (κ2) is 12.8. The van der Waals surface area contributed by atoms with Gasteiger partial charge in [-0.25, -0.2) is 18.6 Å². The molecule has 0 bridgehead atoms. The lowest BCUT2D eigenvalue weighted by molar-refractivity contribution is -0.0130. The van der Waals surface area contributed by atoms with E-state index in [4.69, 9.17) is 9.47 Å². The van der Waals surface area contributed by atoms with Crippen molar-refractivity contribution in [2.24, 2.45) is 5.92 Å². The van der Waals surface area contributed by atoms with Gasteiger partial charge in [0.15, 0.2) is 5.69 Å². The first-order valence-corrected chi connectivity index (χ1v) is 15.7. The van der Waals surface area contributed by atoms with Gasteiger partial charge in [-0.2, -0.15) is 5.10 Å². The van der Waals surface area contributed by atoms with Gasteiger partial charge >= 0.3 is 6.09 Å². The van der Waals surface area contributed by atoms with Crippen molar-refractivity contribution in [3.8, 4) is 5.88 Å². The van der Waals surface area contributed by atoms with Crippen LogP contribution in [-0.2, 0) is 24.1 Å². The van der Waals surface area contributed by atoms with Gasteiger partial charge in [0.2, 0.25) is 5.88 Å². The Morgan fingerprint density at radius 1 is 1.12 bits per heavy atom. The van der Waals surface area contributed by atoms with Gasteiger partial charge in [-0.15, -0.1) is 0 Å². The molecule has 0 unspecified atom stereocenters. The average molecular weight is 602 g/mol. The number of hydrogen-bond donors (Lipinski definition) is 1. The van der Waals surface area contributed by atoms with E-state index in [-0.39, 0.29) is 36.6 Å². The Bertz CT molecular complexity index is 1290. The van der Waals surface area contributed by atoms with Crippen LogP contribution < -0.4 is 10.1 Å². The molecule has 0 spiro atoms. The number of fused-ring (bicyclic) bond motifs is 1. The molecule has 236 valence electrons. The van der Waals surface area contributed by atoms with Crippen molar-refractivity contribution in [1.82, 2.24) is 25.0 Å². The van der Waals surface area contributed by atoms with E-state index >= 15 is 0 Å². The normalized spacial score (nSPS) is 22.5. The number of alkyl halides is 2. The molecule has 43 heavy (non-hydrogen) atoms. The van der Waals surface area contributed by atoms with Crippen LogP contribution in [0.25, 0.3) is 0 Å². The van der Waals surface area contributed by atoms with Gasteiger partial charge in [0.1, 0.15) is 11.7 Å². The maximum absolute atomic E-state index is 14.5. The molecule has 5 rings (SSSR count). The molecular formula is C32H45F2N5O4. The van der Waals surface area contributed by atoms with E-state index in [1.54, 1.807) is 11.1 Å². The highest BCUT2D eigenvalue weighted by Crippen LogP contribution is 2.36. The molecule has 2 amide bonds. The van der Waals surface area contributed by atoms with Crippen molar-refractivity contribution in [2.75, 3.05) is 13.1 Å². The van der Waals surface area contributed by atoms with E-state index < -0.39 is 24.0 Å². The number of piperidine rings is 1. The largest absolute Gasteiger partial charge is 0.474 e. The topological polar surface area (TPSA) is 98.6 Å². The van der Waals surface area contributed by atoms with E-state index in [1.165, 1.54) is 0 Å². The van der Waals surface area contributed by atoms with Crippen LogP contribution in [0.1, 0.15) is 99.4 Å². The van der Waals surface area contributed by atoms with Gasteiger partial charge in [-0.05, 0) is 91.0 Å². The molecule has 1 aliphatic heterocycles. The number of hydrogen-bond acceptors (Lipinski definition) is 6. The van der Waals surface area contributed by atoms with Crippen LogP contribution in [0.2, 0.25) is 0 Å². The summed E-state index contributed by atoms with van der Waals surface area (Å²) >= 11 is 0. The third-order valence-electron chi connectivity index (χ3n) is 8.82. The molecule has 0 aromatic carbocycles. The van der Waals surface area contributed by atoms with E-state index in [0.717, 1.165) is 43.4 Å². The molecule has 0 radical (unpaired) electrons. The van der Waals surface area contributed by atoms with Crippen LogP contribution in [0.3, 0.4) is 0 Å². The zero-order chi connectivity index (χ0) is 30.8. The van der Waals surface area contributed by atoms with E-state index in [1.807, 2.05) is 44.5 Å². The minimum Gasteiger partial charge on any atom is -0.474 e. The molecule has 1 saturated heterocycles. The highest BCUT2D eigenvalue weighted by atomic mass is 19.3. The van der Waals surface area contributed by atoms with Crippen LogP contribution in [0.5, 0.6) is 5.88 Å². The number of carbonyl (C=O) groups is 2. The van der Waals surface area contributed by atoms with Crippen LogP contribution >= 0.6 is 0 Å². The molecule has 2 aliphatic carbocycles. The first-order valence-electron chi connectivity index (χ1n) is 15.7. The summed E-state index contributed by atoms with van der Waals surface area (Å²) in [4.78, 5) is 31.8. The van der Waals surface area contributed by atoms with Crippen LogP contribution in [0, 0.1) is 12.8 Å². The number of carbonyl (C=O) groups excluding carboxylic acids is 2. The van der Waals surface area contributed by atoms with Crippen molar-refractivity contribution in [1.29, 1.82) is 0 Å². The molecule has 2 aromatic rings. The van der Waals surface area contributed by atoms with Gasteiger partial charge in [0.05, 0.1) is 0 Å². The lowest BCUT2D eigenvalue weighted by Crippen LogP contribution is -2.47. The summed E-state index contributed by atoms with van der Waals surface area (Å²) < 4.78 is 42.4. The van der Waals surface area contributed by atoms with Gasteiger partial charge in [0.25, 0.3) is 11.8 Å². The molecule has 3 aliphatic rings. The fourth-order valence-corrected chi connectivity index (χ4v) is 6.45. The number of aromatic nitrogens is 3. The fraction of sp³-hybridized carbons (Fsp3) is 0.688. The first kappa shape index (κ1) is 31.2. The number of ether oxygens (including phenoxy) is 2. The lowest BCUT2D eigenvalue weighted by atomic mass is 9.85. The number of likely N-dealkylation sites (tertiary alicyclic amines) is 1. The molecule has 0 atom stereocenters. The highest BCUT2D eigenvalue weighted by Gasteiger charge is 2.40. The van der Waals surface area contributed by atoms with Gasteiger partial charge < -0.3 is 19.7 Å². The maximum Gasteiger partial charge on any atom is 0.407 e. The van der Waals surface area contributed by atoms with Crippen LogP contribution in [-0.4, -0.2) is 68.4 Å². The Hall–Kier alpha value is -3.24. The Morgan fingerprint density at radius 2 is 1.84 bits per heavy atom. The monoisotopic (exact) mass is 601 g/mol. The summed E-state index contributed by atoms with van der Waals surface area (Å²) in [6, 6.07) is 3.80. The molecule has 3 heterocycles. The number of alkyl carbamates (subject to hydrolysis) is 1. The number of pyridine rings is 1. The predicted octanol–water partition coefficient (Wildman–Crippen LogP) is 5.87. The molecule has 2 aromatic heterocycles. The summed E-state index contributed by atoms with van der Waals surface area (Å²) in [5, 5.41) is 7.55. The highest BCUT2D eigenvalue weighted by molar-refractivity contribution is 5.94. The zero-order valence-electron chi connectivity index (χ0n) is 25.8. The first-order chi connectivity index (χ1) is 20.4. The van der Waals surface area contributed by atoms with Crippen molar-refractivity contribution in [2.45, 2.75) is 122 Å². The Morgan fingerprint density at radius 3 is 2.51 bits per heavy atom. The van der Waals surface area contributed by atoms with Crippen molar-refractivity contribution >= 4 is 12.0 Å². The Balaban J connectivity index is 1.18. The smallest absolute Gasteiger partial charge is 0.407 e. The third-order valence-corrected chi connectivity index (χ3v) is 8.82. The number of amides is 2. The predicted molar refractivity (Wildman–Crippen MR) is 157 cm³/mol. The summed E-state index contributed by atoms with van der Waals surface area (Å²) in [5.41, 5.74) is 1.78. The second-order valence-corrected chi connectivity index (χ2v) is 13.4. The third kappa shape index (κ3) is 8.03. The SMILES string of the molecule is Cc1cccnc1OC1CCC(CCn2nc(C(=O)N3CCC(NC(=O)OC(C)(C)C)CC3)c3c2CCC(F)(F)C3)CC1. The van der Waals surface area contributed by atoms with Gasteiger partial charge in [-0.1, -0.05) is 6.07 Å². The molecule has 2 fully saturated rings. The maximum atomic E-state index is 14.5. The minimum absolute atomic E-state index is 0.108. The number of rotatable bonds is 7. The van der Waals surface area contributed by atoms with E-state index in [2.05, 4.69) is 15.4 Å². The molecule has 1 N–H and O–H groups in total. The summed E-state index contributed by atoms with van der Waals surface area (Å²) in [6.07, 6.45) is 6.93. The summed E-state index contributed by atoms with van der Waals surface area (Å²) in [6.45, 7) is 8.87. The van der Waals surface area contributed by atoms with Gasteiger partial charge in [0, 0.05) is 61.5 Å². The fourth-order valence-electron chi connectivity index (χ4n) is 6.45. The standard InChI is InChI=1S/C32H45F2N5O4/c1-21-6-5-16-35-28(21)42-24-9-7-22(8-10-24)12-19-39-26-11-15-32(33,34)20-25(26)27(37-39)29(40)38-17-13-23(14-18-38)36-30(41)43-31(2,3)4/h5-6,16,22-24H,7-15,17-20H2,1-4H3,(H,36,41). The Kier molecular flexibility index (Phi) is 9.27. The number of aryl methyl sites for hydroxylation is 2.